The Kier molecular flexibility index (Phi) is 4.01. The van der Waals surface area contributed by atoms with E-state index in [-0.39, 0.29) is 4.90 Å². The molecule has 1 aliphatic rings. The van der Waals surface area contributed by atoms with Crippen molar-refractivity contribution in [3.8, 4) is 0 Å². The predicted molar refractivity (Wildman–Crippen MR) is 86.8 cm³/mol. The molecule has 6 heteroatoms. The lowest BCUT2D eigenvalue weighted by Gasteiger charge is -2.13. The molecular formula is C18H16O5S. The average molecular weight is 344 g/mol. The molecule has 1 saturated carbocycles. The molecule has 2 aromatic carbocycles. The van der Waals surface area contributed by atoms with Crippen LogP contribution in [0.3, 0.4) is 0 Å². The van der Waals surface area contributed by atoms with Crippen molar-refractivity contribution in [1.29, 1.82) is 0 Å². The largest absolute Gasteiger partial charge is 0.391 e. The molecule has 0 heterocycles. The Bertz CT molecular complexity index is 879. The van der Waals surface area contributed by atoms with Crippen LogP contribution in [-0.2, 0) is 29.3 Å². The van der Waals surface area contributed by atoms with Gasteiger partial charge in [-0.1, -0.05) is 48.0 Å². The van der Waals surface area contributed by atoms with Crippen molar-refractivity contribution < 1.29 is 22.2 Å². The summed E-state index contributed by atoms with van der Waals surface area (Å²) in [6.45, 7) is 1.81. The highest BCUT2D eigenvalue weighted by atomic mass is 32.2. The van der Waals surface area contributed by atoms with Crippen LogP contribution in [0.15, 0.2) is 59.5 Å². The van der Waals surface area contributed by atoms with Crippen LogP contribution in [0.5, 0.6) is 0 Å². The second-order valence-corrected chi connectivity index (χ2v) is 7.46. The topological polar surface area (TPSA) is 77.5 Å². The first-order valence-electron chi connectivity index (χ1n) is 7.51. The third kappa shape index (κ3) is 2.97. The molecule has 0 aromatic heterocycles. The summed E-state index contributed by atoms with van der Waals surface area (Å²) in [7, 11) is -4.31. The fraction of sp³-hybridized carbons (Fsp3) is 0.222. The van der Waals surface area contributed by atoms with Crippen molar-refractivity contribution >= 4 is 21.9 Å². The SMILES string of the molecule is Cc1ccc(S(=O)(=O)OC(=O)C(=O)C2(c3ccccc3)CC2)cc1. The highest BCUT2D eigenvalue weighted by Crippen LogP contribution is 2.49. The van der Waals surface area contributed by atoms with Crippen molar-refractivity contribution in [2.24, 2.45) is 0 Å². The summed E-state index contributed by atoms with van der Waals surface area (Å²) in [5, 5.41) is 0. The monoisotopic (exact) mass is 344 g/mol. The first-order valence-corrected chi connectivity index (χ1v) is 8.91. The Balaban J connectivity index is 1.80. The van der Waals surface area contributed by atoms with Crippen LogP contribution in [0.4, 0.5) is 0 Å². The van der Waals surface area contributed by atoms with Gasteiger partial charge in [0.1, 0.15) is 4.90 Å². The Labute approximate surface area is 140 Å². The lowest BCUT2D eigenvalue weighted by Crippen LogP contribution is -2.31. The van der Waals surface area contributed by atoms with Crippen LogP contribution in [0, 0.1) is 6.92 Å². The molecule has 1 fully saturated rings. The van der Waals surface area contributed by atoms with Gasteiger partial charge in [0.25, 0.3) is 5.78 Å². The molecule has 0 spiro atoms. The second kappa shape index (κ2) is 5.87. The number of aryl methyl sites for hydroxylation is 1. The van der Waals surface area contributed by atoms with Crippen molar-refractivity contribution in [3.63, 3.8) is 0 Å². The van der Waals surface area contributed by atoms with Gasteiger partial charge in [0, 0.05) is 0 Å². The van der Waals surface area contributed by atoms with E-state index in [1.807, 2.05) is 13.0 Å². The number of carbonyl (C=O) groups excluding carboxylic acids is 2. The summed E-state index contributed by atoms with van der Waals surface area (Å²) >= 11 is 0. The smallest absolute Gasteiger partial charge is 0.335 e. The maximum Gasteiger partial charge on any atom is 0.391 e. The number of carbonyl (C=O) groups is 2. The number of benzene rings is 2. The molecule has 0 atom stereocenters. The van der Waals surface area contributed by atoms with E-state index in [1.165, 1.54) is 12.1 Å². The number of hydrogen-bond acceptors (Lipinski definition) is 5. The Morgan fingerprint density at radius 2 is 1.54 bits per heavy atom. The van der Waals surface area contributed by atoms with Crippen LogP contribution in [-0.4, -0.2) is 20.2 Å². The van der Waals surface area contributed by atoms with E-state index in [0.717, 1.165) is 5.56 Å². The fourth-order valence-electron chi connectivity index (χ4n) is 2.61. The number of rotatable bonds is 5. The quantitative estimate of drug-likeness (QED) is 0.615. The number of ketones is 1. The van der Waals surface area contributed by atoms with Crippen LogP contribution < -0.4 is 0 Å². The fourth-order valence-corrected chi connectivity index (χ4v) is 3.46. The zero-order valence-corrected chi connectivity index (χ0v) is 13.9. The van der Waals surface area contributed by atoms with Crippen molar-refractivity contribution in [2.75, 3.05) is 0 Å². The van der Waals surface area contributed by atoms with E-state index in [0.29, 0.717) is 18.4 Å². The van der Waals surface area contributed by atoms with E-state index in [4.69, 9.17) is 0 Å². The van der Waals surface area contributed by atoms with E-state index < -0.39 is 27.3 Å². The molecule has 0 unspecified atom stereocenters. The minimum Gasteiger partial charge on any atom is -0.335 e. The van der Waals surface area contributed by atoms with Gasteiger partial charge in [-0.2, -0.15) is 8.42 Å². The van der Waals surface area contributed by atoms with Gasteiger partial charge in [0.05, 0.1) is 5.41 Å². The van der Waals surface area contributed by atoms with Crippen LogP contribution in [0.2, 0.25) is 0 Å². The van der Waals surface area contributed by atoms with Gasteiger partial charge in [-0.15, -0.1) is 0 Å². The molecule has 0 saturated heterocycles. The van der Waals surface area contributed by atoms with E-state index in [9.17, 15) is 18.0 Å². The molecule has 124 valence electrons. The third-order valence-electron chi connectivity index (χ3n) is 4.19. The molecule has 24 heavy (non-hydrogen) atoms. The zero-order chi connectivity index (χ0) is 17.4. The van der Waals surface area contributed by atoms with E-state index in [1.54, 1.807) is 36.4 Å². The van der Waals surface area contributed by atoms with Crippen LogP contribution in [0.25, 0.3) is 0 Å². The molecule has 0 radical (unpaired) electrons. The lowest BCUT2D eigenvalue weighted by molar-refractivity contribution is -0.148. The van der Waals surface area contributed by atoms with Crippen molar-refractivity contribution in [1.82, 2.24) is 0 Å². The van der Waals surface area contributed by atoms with Crippen molar-refractivity contribution in [3.05, 3.63) is 65.7 Å². The molecule has 5 nitrogen and oxygen atoms in total. The molecule has 0 amide bonds. The second-order valence-electron chi connectivity index (χ2n) is 5.92. The normalized spacial score (nSPS) is 15.5. The highest BCUT2D eigenvalue weighted by Gasteiger charge is 2.54. The minimum absolute atomic E-state index is 0.154. The van der Waals surface area contributed by atoms with Gasteiger partial charge in [0.2, 0.25) is 0 Å². The van der Waals surface area contributed by atoms with E-state index >= 15 is 0 Å². The standard InChI is InChI=1S/C18H16O5S/c1-13-7-9-15(10-8-13)24(21,22)23-17(20)16(19)18(11-12-18)14-5-3-2-4-6-14/h2-10H,11-12H2,1H3. The Morgan fingerprint density at radius 3 is 2.08 bits per heavy atom. The van der Waals surface area contributed by atoms with Crippen LogP contribution in [0.1, 0.15) is 24.0 Å². The molecule has 2 aromatic rings. The maximum atomic E-state index is 12.5. The summed E-state index contributed by atoms with van der Waals surface area (Å²) in [5.74, 6) is -2.15. The average Bonchev–Trinajstić information content (AvgIpc) is 3.37. The summed E-state index contributed by atoms with van der Waals surface area (Å²) in [6, 6.07) is 14.7. The molecular weight excluding hydrogens is 328 g/mol. The van der Waals surface area contributed by atoms with Gasteiger partial charge in [-0.05, 0) is 37.5 Å². The summed E-state index contributed by atoms with van der Waals surface area (Å²) in [6.07, 6.45) is 1.02. The van der Waals surface area contributed by atoms with Crippen molar-refractivity contribution in [2.45, 2.75) is 30.1 Å². The molecule has 3 rings (SSSR count). The zero-order valence-electron chi connectivity index (χ0n) is 13.1. The minimum atomic E-state index is -4.31. The molecule has 1 aliphatic carbocycles. The first kappa shape index (κ1) is 16.4. The lowest BCUT2D eigenvalue weighted by atomic mass is 9.91. The van der Waals surface area contributed by atoms with Gasteiger partial charge in [0.15, 0.2) is 0 Å². The maximum absolute atomic E-state index is 12.5. The predicted octanol–water partition coefficient (Wildman–Crippen LogP) is 2.53. The third-order valence-corrected chi connectivity index (χ3v) is 5.41. The Morgan fingerprint density at radius 1 is 0.958 bits per heavy atom. The van der Waals surface area contributed by atoms with Gasteiger partial charge in [-0.3, -0.25) is 4.79 Å². The van der Waals surface area contributed by atoms with Gasteiger partial charge in [-0.25, -0.2) is 4.79 Å². The van der Waals surface area contributed by atoms with Gasteiger partial charge >= 0.3 is 16.1 Å². The molecule has 0 bridgehead atoms. The highest BCUT2D eigenvalue weighted by molar-refractivity contribution is 7.87. The summed E-state index contributed by atoms with van der Waals surface area (Å²) < 4.78 is 28.9. The number of hydrogen-bond donors (Lipinski definition) is 0. The summed E-state index contributed by atoms with van der Waals surface area (Å²) in [5.41, 5.74) is 0.637. The van der Waals surface area contributed by atoms with Gasteiger partial charge < -0.3 is 4.18 Å². The Hall–Kier alpha value is -2.47. The number of Topliss-reactive ketones (excluding diaryl/α,β-unsaturated/α-hetero) is 1. The van der Waals surface area contributed by atoms with Crippen LogP contribution >= 0.6 is 0 Å². The molecule has 0 N–H and O–H groups in total. The first-order chi connectivity index (χ1) is 11.3. The summed E-state index contributed by atoms with van der Waals surface area (Å²) in [4.78, 5) is 24.4. The molecule has 0 aliphatic heterocycles. The van der Waals surface area contributed by atoms with E-state index in [2.05, 4.69) is 4.18 Å².